The number of halogens is 2. The van der Waals surface area contributed by atoms with Crippen LogP contribution in [-0.4, -0.2) is 35.1 Å². The van der Waals surface area contributed by atoms with Crippen LogP contribution in [0.2, 0.25) is 0 Å². The molecule has 0 atom stereocenters. The molecule has 2 heterocycles. The van der Waals surface area contributed by atoms with Crippen molar-refractivity contribution >= 4 is 17.4 Å². The van der Waals surface area contributed by atoms with E-state index < -0.39 is 11.6 Å². The van der Waals surface area contributed by atoms with Crippen LogP contribution >= 0.6 is 0 Å². The number of ether oxygens (including phenoxy) is 1. The summed E-state index contributed by atoms with van der Waals surface area (Å²) in [6.45, 7) is 4.36. The molecule has 1 saturated carbocycles. The van der Waals surface area contributed by atoms with Crippen LogP contribution < -0.4 is 10.6 Å². The first-order valence-electron chi connectivity index (χ1n) is 11.3. The lowest BCUT2D eigenvalue weighted by Crippen LogP contribution is -2.25. The minimum atomic E-state index is -0.662. The summed E-state index contributed by atoms with van der Waals surface area (Å²) in [4.78, 5) is 20.6. The molecule has 1 aliphatic rings. The minimum Gasteiger partial charge on any atom is -0.383 e. The Morgan fingerprint density at radius 3 is 2.53 bits per heavy atom. The molecule has 2 N–H and O–H groups in total. The van der Waals surface area contributed by atoms with Gasteiger partial charge in [0.25, 0.3) is 0 Å². The van der Waals surface area contributed by atoms with Gasteiger partial charge in [0.1, 0.15) is 17.5 Å². The van der Waals surface area contributed by atoms with Gasteiger partial charge in [-0.25, -0.2) is 13.8 Å². The highest BCUT2D eigenvalue weighted by Crippen LogP contribution is 2.32. The Bertz CT molecular complexity index is 1200. The number of methoxy groups -OCH3 is 1. The van der Waals surface area contributed by atoms with Crippen molar-refractivity contribution in [1.82, 2.24) is 9.97 Å². The quantitative estimate of drug-likeness (QED) is 0.425. The zero-order valence-electron chi connectivity index (χ0n) is 19.5. The van der Waals surface area contributed by atoms with Crippen molar-refractivity contribution < 1.29 is 18.3 Å². The maximum absolute atomic E-state index is 14.7. The highest BCUT2D eigenvalue weighted by molar-refractivity contribution is 5.93. The predicted octanol–water partition coefficient (Wildman–Crippen LogP) is 5.66. The number of pyridine rings is 2. The van der Waals surface area contributed by atoms with E-state index in [4.69, 9.17) is 4.74 Å². The van der Waals surface area contributed by atoms with Gasteiger partial charge < -0.3 is 15.4 Å². The minimum absolute atomic E-state index is 0.0336. The van der Waals surface area contributed by atoms with Crippen molar-refractivity contribution in [1.29, 1.82) is 0 Å². The van der Waals surface area contributed by atoms with E-state index >= 15 is 0 Å². The number of rotatable bonds is 9. The van der Waals surface area contributed by atoms with E-state index in [9.17, 15) is 13.6 Å². The van der Waals surface area contributed by atoms with Gasteiger partial charge in [-0.1, -0.05) is 0 Å². The van der Waals surface area contributed by atoms with Crippen LogP contribution in [0.25, 0.3) is 22.4 Å². The van der Waals surface area contributed by atoms with Gasteiger partial charge in [0, 0.05) is 49.2 Å². The number of carbonyl (C=O) groups excluding carboxylic acids is 1. The third-order valence-electron chi connectivity index (χ3n) is 5.98. The number of nitrogens with one attached hydrogen (secondary N) is 2. The molecule has 4 rings (SSSR count). The van der Waals surface area contributed by atoms with E-state index in [0.29, 0.717) is 30.0 Å². The number of carbonyl (C=O) groups is 1. The van der Waals surface area contributed by atoms with Crippen molar-refractivity contribution in [3.8, 4) is 22.4 Å². The van der Waals surface area contributed by atoms with E-state index in [1.54, 1.807) is 43.8 Å². The predicted molar refractivity (Wildman–Crippen MR) is 128 cm³/mol. The van der Waals surface area contributed by atoms with Gasteiger partial charge in [0.2, 0.25) is 5.91 Å². The number of anilines is 2. The topological polar surface area (TPSA) is 76.1 Å². The van der Waals surface area contributed by atoms with Gasteiger partial charge in [0.15, 0.2) is 0 Å². The zero-order chi connectivity index (χ0) is 24.3. The van der Waals surface area contributed by atoms with E-state index in [0.717, 1.165) is 24.5 Å². The van der Waals surface area contributed by atoms with E-state index in [2.05, 4.69) is 20.6 Å². The van der Waals surface area contributed by atoms with Gasteiger partial charge in [-0.05, 0) is 69.0 Å². The number of hydrogen-bond acceptors (Lipinski definition) is 5. The molecule has 3 aromatic rings. The van der Waals surface area contributed by atoms with Crippen molar-refractivity contribution in [3.05, 3.63) is 60.4 Å². The molecule has 0 saturated heterocycles. The molecule has 1 aromatic carbocycles. The summed E-state index contributed by atoms with van der Waals surface area (Å²) >= 11 is 0. The molecule has 0 aliphatic heterocycles. The summed E-state index contributed by atoms with van der Waals surface area (Å²) in [5.74, 6) is -0.842. The maximum Gasteiger partial charge on any atom is 0.228 e. The Hall–Kier alpha value is -3.39. The third kappa shape index (κ3) is 5.75. The summed E-state index contributed by atoms with van der Waals surface area (Å²) in [6, 6.07) is 9.27. The van der Waals surface area contributed by atoms with Crippen molar-refractivity contribution in [2.24, 2.45) is 5.92 Å². The first kappa shape index (κ1) is 23.8. The van der Waals surface area contributed by atoms with Crippen LogP contribution in [0.15, 0.2) is 48.8 Å². The van der Waals surface area contributed by atoms with Gasteiger partial charge in [-0.15, -0.1) is 0 Å². The van der Waals surface area contributed by atoms with Crippen molar-refractivity contribution in [2.75, 3.05) is 24.3 Å². The molecule has 1 fully saturated rings. The van der Waals surface area contributed by atoms with Crippen LogP contribution in [0.1, 0.15) is 33.1 Å². The van der Waals surface area contributed by atoms with E-state index in [1.807, 2.05) is 13.8 Å². The summed E-state index contributed by atoms with van der Waals surface area (Å²) in [5, 5.41) is 5.86. The fraction of sp³-hybridized carbons (Fsp3) is 0.346. The van der Waals surface area contributed by atoms with Gasteiger partial charge in [-0.3, -0.25) is 9.78 Å². The summed E-state index contributed by atoms with van der Waals surface area (Å²) in [5.41, 5.74) is 1.99. The number of aromatic nitrogens is 2. The highest BCUT2D eigenvalue weighted by Gasteiger charge is 2.29. The molecule has 178 valence electrons. The van der Waals surface area contributed by atoms with Gasteiger partial charge in [-0.2, -0.15) is 0 Å². The highest BCUT2D eigenvalue weighted by atomic mass is 19.1. The molecular formula is C26H28F2N4O2. The molecule has 0 unspecified atom stereocenters. The first-order valence-corrected chi connectivity index (χ1v) is 11.3. The molecule has 0 bridgehead atoms. The summed E-state index contributed by atoms with van der Waals surface area (Å²) in [6.07, 6.45) is 5.62. The standard InChI is InChI=1S/C26H28F2N4O2/c1-26(2,34-3)8-11-30-23-14-19(20(27)15-21(23)28)17-6-9-29-22(12-17)18-7-10-31-24(13-18)32-25(33)16-4-5-16/h6-7,9-10,12-16,30H,4-5,8,11H2,1-3H3,(H,31,32,33). The summed E-state index contributed by atoms with van der Waals surface area (Å²) < 4.78 is 34.5. The smallest absolute Gasteiger partial charge is 0.228 e. The normalized spacial score (nSPS) is 13.6. The maximum atomic E-state index is 14.7. The van der Waals surface area contributed by atoms with Crippen LogP contribution in [0.3, 0.4) is 0 Å². The number of nitrogens with zero attached hydrogens (tertiary/aromatic N) is 2. The number of benzene rings is 1. The average Bonchev–Trinajstić information content (AvgIpc) is 3.66. The van der Waals surface area contributed by atoms with Gasteiger partial charge in [0.05, 0.1) is 17.0 Å². The Kier molecular flexibility index (Phi) is 6.88. The van der Waals surface area contributed by atoms with Crippen molar-refractivity contribution in [3.63, 3.8) is 0 Å². The van der Waals surface area contributed by atoms with Crippen LogP contribution in [0.4, 0.5) is 20.3 Å². The molecule has 1 amide bonds. The molecule has 2 aromatic heterocycles. The third-order valence-corrected chi connectivity index (χ3v) is 5.98. The Labute approximate surface area is 197 Å². The first-order chi connectivity index (χ1) is 16.3. The van der Waals surface area contributed by atoms with Crippen LogP contribution in [0.5, 0.6) is 0 Å². The van der Waals surface area contributed by atoms with E-state index in [-0.39, 0.29) is 28.7 Å². The number of amides is 1. The fourth-order valence-corrected chi connectivity index (χ4v) is 3.49. The monoisotopic (exact) mass is 466 g/mol. The lowest BCUT2D eigenvalue weighted by molar-refractivity contribution is -0.117. The SMILES string of the molecule is COC(C)(C)CCNc1cc(-c2ccnc(-c3ccnc(NC(=O)C4CC4)c3)c2)c(F)cc1F. The second kappa shape index (κ2) is 9.85. The van der Waals surface area contributed by atoms with Crippen LogP contribution in [-0.2, 0) is 9.53 Å². The lowest BCUT2D eigenvalue weighted by atomic mass is 10.0. The molecule has 1 aliphatic carbocycles. The van der Waals surface area contributed by atoms with E-state index in [1.165, 1.54) is 6.07 Å². The van der Waals surface area contributed by atoms with Crippen LogP contribution in [0, 0.1) is 17.6 Å². The molecule has 0 radical (unpaired) electrons. The lowest BCUT2D eigenvalue weighted by Gasteiger charge is -2.23. The number of hydrogen-bond donors (Lipinski definition) is 2. The Morgan fingerprint density at radius 2 is 1.79 bits per heavy atom. The molecule has 6 nitrogen and oxygen atoms in total. The molecule has 0 spiro atoms. The average molecular weight is 467 g/mol. The van der Waals surface area contributed by atoms with Gasteiger partial charge >= 0.3 is 0 Å². The molecular weight excluding hydrogens is 438 g/mol. The molecule has 8 heteroatoms. The largest absolute Gasteiger partial charge is 0.383 e. The zero-order valence-corrected chi connectivity index (χ0v) is 19.5. The summed E-state index contributed by atoms with van der Waals surface area (Å²) in [7, 11) is 1.63. The second-order valence-corrected chi connectivity index (χ2v) is 9.08. The molecule has 34 heavy (non-hydrogen) atoms. The van der Waals surface area contributed by atoms with Crippen molar-refractivity contribution in [2.45, 2.75) is 38.7 Å². The fourth-order valence-electron chi connectivity index (χ4n) is 3.49. The Balaban J connectivity index is 1.57. The second-order valence-electron chi connectivity index (χ2n) is 9.08. The Morgan fingerprint density at radius 1 is 1.06 bits per heavy atom.